The molecule has 0 atom stereocenters. The minimum atomic E-state index is 0.730. The molecule has 3 nitrogen and oxygen atoms in total. The first kappa shape index (κ1) is 11.4. The van der Waals surface area contributed by atoms with Crippen LogP contribution < -0.4 is 5.32 Å². The molecule has 3 heteroatoms. The molecular formula is C16H13N3. The first-order valence-corrected chi connectivity index (χ1v) is 6.08. The second kappa shape index (κ2) is 4.87. The van der Waals surface area contributed by atoms with E-state index in [4.69, 9.17) is 6.42 Å². The van der Waals surface area contributed by atoms with Gasteiger partial charge in [0.25, 0.3) is 0 Å². The van der Waals surface area contributed by atoms with Crippen LogP contribution in [-0.4, -0.2) is 10.2 Å². The van der Waals surface area contributed by atoms with Gasteiger partial charge in [0, 0.05) is 23.2 Å². The summed E-state index contributed by atoms with van der Waals surface area (Å²) in [5.74, 6) is 2.63. The fraction of sp³-hybridized carbons (Fsp3) is 0.0625. The quantitative estimate of drug-likeness (QED) is 0.698. The van der Waals surface area contributed by atoms with Crippen molar-refractivity contribution in [2.75, 3.05) is 5.32 Å². The molecule has 3 aromatic rings. The molecule has 0 radical (unpaired) electrons. The van der Waals surface area contributed by atoms with Crippen molar-refractivity contribution < 1.29 is 0 Å². The Balaban J connectivity index is 1.82. The second-order valence-electron chi connectivity index (χ2n) is 4.33. The molecule has 0 fully saturated rings. The fourth-order valence-electron chi connectivity index (χ4n) is 2.09. The third kappa shape index (κ3) is 2.29. The van der Waals surface area contributed by atoms with Gasteiger partial charge in [-0.15, -0.1) is 6.42 Å². The maximum absolute atomic E-state index is 5.40. The highest BCUT2D eigenvalue weighted by Crippen LogP contribution is 2.17. The van der Waals surface area contributed by atoms with Gasteiger partial charge in [-0.3, -0.25) is 5.10 Å². The summed E-state index contributed by atoms with van der Waals surface area (Å²) in [4.78, 5) is 0. The number of terminal acetylenes is 1. The lowest BCUT2D eigenvalue weighted by Gasteiger charge is -2.07. The van der Waals surface area contributed by atoms with Gasteiger partial charge >= 0.3 is 0 Å². The van der Waals surface area contributed by atoms with Gasteiger partial charge in [0.1, 0.15) is 0 Å². The Morgan fingerprint density at radius 1 is 1.21 bits per heavy atom. The minimum absolute atomic E-state index is 0.730. The summed E-state index contributed by atoms with van der Waals surface area (Å²) < 4.78 is 0. The zero-order valence-corrected chi connectivity index (χ0v) is 10.4. The molecule has 3 rings (SSSR count). The zero-order chi connectivity index (χ0) is 13.1. The Kier molecular flexibility index (Phi) is 2.91. The maximum atomic E-state index is 5.40. The van der Waals surface area contributed by atoms with E-state index in [1.807, 2.05) is 42.6 Å². The topological polar surface area (TPSA) is 40.7 Å². The highest BCUT2D eigenvalue weighted by molar-refractivity contribution is 5.81. The van der Waals surface area contributed by atoms with Crippen molar-refractivity contribution >= 4 is 16.6 Å². The molecule has 0 saturated carbocycles. The standard InChI is InChI=1S/C16H13N3/c1-2-12-5-3-8-15(9-12)17-10-13-6-4-7-14-11-18-19-16(13)14/h1,3-9,11,17H,10H2,(H,18,19). The van der Waals surface area contributed by atoms with Gasteiger partial charge in [-0.2, -0.15) is 5.10 Å². The second-order valence-corrected chi connectivity index (χ2v) is 4.33. The number of aromatic nitrogens is 2. The summed E-state index contributed by atoms with van der Waals surface area (Å²) in [5.41, 5.74) is 4.15. The molecule has 0 aliphatic rings. The number of H-pyrrole nitrogens is 1. The zero-order valence-electron chi connectivity index (χ0n) is 10.4. The minimum Gasteiger partial charge on any atom is -0.381 e. The lowest BCUT2D eigenvalue weighted by molar-refractivity contribution is 1.09. The maximum Gasteiger partial charge on any atom is 0.0700 e. The van der Waals surface area contributed by atoms with E-state index >= 15 is 0 Å². The van der Waals surface area contributed by atoms with Crippen molar-refractivity contribution in [3.8, 4) is 12.3 Å². The van der Waals surface area contributed by atoms with Crippen molar-refractivity contribution in [2.45, 2.75) is 6.54 Å². The Labute approximate surface area is 111 Å². The summed E-state index contributed by atoms with van der Waals surface area (Å²) in [7, 11) is 0. The number of benzene rings is 2. The fourth-order valence-corrected chi connectivity index (χ4v) is 2.09. The Morgan fingerprint density at radius 3 is 3.00 bits per heavy atom. The van der Waals surface area contributed by atoms with Crippen LogP contribution in [0, 0.1) is 12.3 Å². The molecular weight excluding hydrogens is 234 g/mol. The molecule has 92 valence electrons. The van der Waals surface area contributed by atoms with E-state index in [0.717, 1.165) is 28.7 Å². The number of nitrogens with one attached hydrogen (secondary N) is 2. The molecule has 2 aromatic carbocycles. The van der Waals surface area contributed by atoms with E-state index in [0.29, 0.717) is 0 Å². The summed E-state index contributed by atoms with van der Waals surface area (Å²) in [6, 6.07) is 14.0. The normalized spacial score (nSPS) is 10.3. The Bertz CT molecular complexity index is 750. The molecule has 0 bridgehead atoms. The van der Waals surface area contributed by atoms with E-state index in [-0.39, 0.29) is 0 Å². The van der Waals surface area contributed by atoms with Crippen LogP contribution in [-0.2, 0) is 6.54 Å². The van der Waals surface area contributed by atoms with Gasteiger partial charge in [0.15, 0.2) is 0 Å². The van der Waals surface area contributed by atoms with Crippen LogP contribution in [0.15, 0.2) is 48.7 Å². The van der Waals surface area contributed by atoms with E-state index in [9.17, 15) is 0 Å². The molecule has 19 heavy (non-hydrogen) atoms. The van der Waals surface area contributed by atoms with Crippen LogP contribution in [0.4, 0.5) is 5.69 Å². The first-order chi connectivity index (χ1) is 9.36. The van der Waals surface area contributed by atoms with Crippen molar-refractivity contribution in [1.82, 2.24) is 10.2 Å². The van der Waals surface area contributed by atoms with Crippen LogP contribution in [0.1, 0.15) is 11.1 Å². The molecule has 0 unspecified atom stereocenters. The average Bonchev–Trinajstić information content (AvgIpc) is 2.94. The molecule has 0 spiro atoms. The number of hydrogen-bond acceptors (Lipinski definition) is 2. The Hall–Kier alpha value is -2.73. The van der Waals surface area contributed by atoms with Crippen molar-refractivity contribution in [3.05, 3.63) is 59.8 Å². The molecule has 2 N–H and O–H groups in total. The van der Waals surface area contributed by atoms with Crippen LogP contribution >= 0.6 is 0 Å². The summed E-state index contributed by atoms with van der Waals surface area (Å²) in [6.45, 7) is 0.730. The third-order valence-corrected chi connectivity index (χ3v) is 3.08. The lowest BCUT2D eigenvalue weighted by Crippen LogP contribution is -2.00. The van der Waals surface area contributed by atoms with Crippen molar-refractivity contribution in [1.29, 1.82) is 0 Å². The van der Waals surface area contributed by atoms with E-state index < -0.39 is 0 Å². The average molecular weight is 247 g/mol. The monoisotopic (exact) mass is 247 g/mol. The summed E-state index contributed by atoms with van der Waals surface area (Å²) >= 11 is 0. The number of para-hydroxylation sites is 1. The number of aromatic amines is 1. The largest absolute Gasteiger partial charge is 0.381 e. The van der Waals surface area contributed by atoms with Gasteiger partial charge in [-0.1, -0.05) is 30.2 Å². The van der Waals surface area contributed by atoms with E-state index in [2.05, 4.69) is 27.5 Å². The number of nitrogens with zero attached hydrogens (tertiary/aromatic N) is 1. The molecule has 1 heterocycles. The molecule has 0 saturated heterocycles. The SMILES string of the molecule is C#Cc1cccc(NCc2cccc3cn[nH]c23)c1. The van der Waals surface area contributed by atoms with Crippen LogP contribution in [0.25, 0.3) is 10.9 Å². The summed E-state index contributed by atoms with van der Waals surface area (Å²) in [6.07, 6.45) is 7.23. The van der Waals surface area contributed by atoms with E-state index in [1.165, 1.54) is 5.56 Å². The van der Waals surface area contributed by atoms with Gasteiger partial charge in [0.05, 0.1) is 11.7 Å². The van der Waals surface area contributed by atoms with Gasteiger partial charge in [-0.25, -0.2) is 0 Å². The molecule has 0 aliphatic carbocycles. The molecule has 0 aliphatic heterocycles. The van der Waals surface area contributed by atoms with Gasteiger partial charge < -0.3 is 5.32 Å². The Morgan fingerprint density at radius 2 is 2.11 bits per heavy atom. The number of rotatable bonds is 3. The van der Waals surface area contributed by atoms with Crippen molar-refractivity contribution in [2.24, 2.45) is 0 Å². The number of hydrogen-bond donors (Lipinski definition) is 2. The van der Waals surface area contributed by atoms with E-state index in [1.54, 1.807) is 0 Å². The predicted molar refractivity (Wildman–Crippen MR) is 77.8 cm³/mol. The van der Waals surface area contributed by atoms with Crippen LogP contribution in [0.5, 0.6) is 0 Å². The number of anilines is 1. The number of fused-ring (bicyclic) bond motifs is 1. The highest BCUT2D eigenvalue weighted by Gasteiger charge is 2.02. The van der Waals surface area contributed by atoms with Crippen molar-refractivity contribution in [3.63, 3.8) is 0 Å². The lowest BCUT2D eigenvalue weighted by atomic mass is 10.1. The first-order valence-electron chi connectivity index (χ1n) is 6.08. The third-order valence-electron chi connectivity index (χ3n) is 3.08. The van der Waals surface area contributed by atoms with Gasteiger partial charge in [-0.05, 0) is 23.8 Å². The van der Waals surface area contributed by atoms with Crippen LogP contribution in [0.2, 0.25) is 0 Å². The molecule has 1 aromatic heterocycles. The highest BCUT2D eigenvalue weighted by atomic mass is 15.1. The predicted octanol–water partition coefficient (Wildman–Crippen LogP) is 3.16. The van der Waals surface area contributed by atoms with Gasteiger partial charge in [0.2, 0.25) is 0 Å². The smallest absolute Gasteiger partial charge is 0.0700 e. The summed E-state index contributed by atoms with van der Waals surface area (Å²) in [5, 5.41) is 11.6. The molecule has 0 amide bonds. The van der Waals surface area contributed by atoms with Crippen LogP contribution in [0.3, 0.4) is 0 Å².